The lowest BCUT2D eigenvalue weighted by atomic mass is 9.95. The number of ether oxygens (including phenoxy) is 5. The SMILES string of the molecule is CC(=O)N[C@@H]1[C@@H](OCc2ccccc2)O[C@@H]2CO[C@@H](c3ccccc3)O[C@@H]2[C@@H]1OC(=O)c1ccccc1. The van der Waals surface area contributed by atoms with Crippen molar-refractivity contribution in [3.05, 3.63) is 108 Å². The normalized spacial score (nSPS) is 27.1. The van der Waals surface area contributed by atoms with Gasteiger partial charge in [-0.1, -0.05) is 78.9 Å². The van der Waals surface area contributed by atoms with E-state index in [4.69, 9.17) is 23.7 Å². The Labute approximate surface area is 215 Å². The zero-order valence-electron chi connectivity index (χ0n) is 20.4. The van der Waals surface area contributed by atoms with Crippen molar-refractivity contribution in [3.63, 3.8) is 0 Å². The Kier molecular flexibility index (Phi) is 7.91. The predicted molar refractivity (Wildman–Crippen MR) is 133 cm³/mol. The smallest absolute Gasteiger partial charge is 0.338 e. The standard InChI is InChI=1S/C29H29NO7/c1-19(31)30-24-26(36-27(32)21-13-7-3-8-14-21)25-23(18-34-28(37-25)22-15-9-4-10-16-22)35-29(24)33-17-20-11-5-2-6-12-20/h2-16,23-26,28-29H,17-18H2,1H3,(H,30,31)/t23-,24+,25+,26-,28-,29+/m1/s1. The maximum atomic E-state index is 13.2. The minimum absolute atomic E-state index is 0.196. The average molecular weight is 504 g/mol. The number of hydrogen-bond donors (Lipinski definition) is 1. The van der Waals surface area contributed by atoms with Crippen molar-refractivity contribution in [3.8, 4) is 0 Å². The van der Waals surface area contributed by atoms with Gasteiger partial charge in [0, 0.05) is 12.5 Å². The quantitative estimate of drug-likeness (QED) is 0.491. The van der Waals surface area contributed by atoms with Crippen molar-refractivity contribution in [1.29, 1.82) is 0 Å². The number of fused-ring (bicyclic) bond motifs is 1. The van der Waals surface area contributed by atoms with E-state index in [0.29, 0.717) is 5.56 Å². The van der Waals surface area contributed by atoms with Gasteiger partial charge in [0.15, 0.2) is 18.7 Å². The van der Waals surface area contributed by atoms with Gasteiger partial charge in [0.05, 0.1) is 18.8 Å². The van der Waals surface area contributed by atoms with Gasteiger partial charge < -0.3 is 29.0 Å². The molecule has 1 N–H and O–H groups in total. The van der Waals surface area contributed by atoms with Gasteiger partial charge in [-0.15, -0.1) is 0 Å². The fraction of sp³-hybridized carbons (Fsp3) is 0.310. The van der Waals surface area contributed by atoms with Crippen molar-refractivity contribution in [2.45, 2.75) is 50.5 Å². The van der Waals surface area contributed by atoms with Crippen molar-refractivity contribution in [1.82, 2.24) is 5.32 Å². The molecular formula is C29H29NO7. The summed E-state index contributed by atoms with van der Waals surface area (Å²) in [7, 11) is 0. The summed E-state index contributed by atoms with van der Waals surface area (Å²) >= 11 is 0. The second-order valence-electron chi connectivity index (χ2n) is 8.98. The Morgan fingerprint density at radius 2 is 1.54 bits per heavy atom. The lowest BCUT2D eigenvalue weighted by Gasteiger charge is -2.48. The van der Waals surface area contributed by atoms with Gasteiger partial charge in [0.2, 0.25) is 5.91 Å². The summed E-state index contributed by atoms with van der Waals surface area (Å²) in [4.78, 5) is 25.4. The first-order valence-electron chi connectivity index (χ1n) is 12.2. The molecule has 3 aromatic rings. The molecule has 192 valence electrons. The monoisotopic (exact) mass is 503 g/mol. The van der Waals surface area contributed by atoms with Gasteiger partial charge in [-0.05, 0) is 17.7 Å². The van der Waals surface area contributed by atoms with Crippen LogP contribution in [0.25, 0.3) is 0 Å². The van der Waals surface area contributed by atoms with Crippen LogP contribution in [0.15, 0.2) is 91.0 Å². The molecule has 0 aliphatic carbocycles. The molecule has 5 rings (SSSR count). The van der Waals surface area contributed by atoms with Crippen molar-refractivity contribution < 1.29 is 33.3 Å². The van der Waals surface area contributed by atoms with Gasteiger partial charge in [0.25, 0.3) is 0 Å². The van der Waals surface area contributed by atoms with Crippen LogP contribution < -0.4 is 5.32 Å². The highest BCUT2D eigenvalue weighted by Gasteiger charge is 2.52. The van der Waals surface area contributed by atoms with Crippen LogP contribution in [0, 0.1) is 0 Å². The zero-order chi connectivity index (χ0) is 25.6. The first-order chi connectivity index (χ1) is 18.1. The first-order valence-corrected chi connectivity index (χ1v) is 12.2. The van der Waals surface area contributed by atoms with Gasteiger partial charge >= 0.3 is 5.97 Å². The molecule has 2 fully saturated rings. The maximum absolute atomic E-state index is 13.2. The summed E-state index contributed by atoms with van der Waals surface area (Å²) in [5, 5.41) is 2.88. The number of carbonyl (C=O) groups is 2. The van der Waals surface area contributed by atoms with E-state index in [-0.39, 0.29) is 19.1 Å². The Balaban J connectivity index is 1.43. The molecule has 0 unspecified atom stereocenters. The maximum Gasteiger partial charge on any atom is 0.338 e. The van der Waals surface area contributed by atoms with Gasteiger partial charge in [-0.2, -0.15) is 0 Å². The molecule has 0 spiro atoms. The van der Waals surface area contributed by atoms with E-state index in [1.54, 1.807) is 24.3 Å². The second kappa shape index (κ2) is 11.7. The lowest BCUT2D eigenvalue weighted by molar-refractivity contribution is -0.344. The van der Waals surface area contributed by atoms with Gasteiger partial charge in [0.1, 0.15) is 18.2 Å². The van der Waals surface area contributed by atoms with E-state index in [0.717, 1.165) is 11.1 Å². The Morgan fingerprint density at radius 3 is 2.22 bits per heavy atom. The van der Waals surface area contributed by atoms with Crippen LogP contribution >= 0.6 is 0 Å². The molecule has 3 aromatic carbocycles. The van der Waals surface area contributed by atoms with Crippen LogP contribution in [0.1, 0.15) is 34.7 Å². The fourth-order valence-electron chi connectivity index (χ4n) is 4.54. The molecule has 2 aliphatic rings. The number of nitrogens with one attached hydrogen (secondary N) is 1. The number of amides is 1. The van der Waals surface area contributed by atoms with Crippen molar-refractivity contribution in [2.24, 2.45) is 0 Å². The Bertz CT molecular complexity index is 1170. The topological polar surface area (TPSA) is 92.3 Å². The van der Waals surface area contributed by atoms with E-state index in [9.17, 15) is 9.59 Å². The fourth-order valence-corrected chi connectivity index (χ4v) is 4.54. The lowest BCUT2D eigenvalue weighted by Crippen LogP contribution is -2.67. The molecular weight excluding hydrogens is 474 g/mol. The summed E-state index contributed by atoms with van der Waals surface area (Å²) in [6.45, 7) is 1.84. The zero-order valence-corrected chi connectivity index (χ0v) is 20.4. The van der Waals surface area contributed by atoms with Crippen LogP contribution in [0.4, 0.5) is 0 Å². The average Bonchev–Trinajstić information content (AvgIpc) is 2.94. The second-order valence-corrected chi connectivity index (χ2v) is 8.98. The van der Waals surface area contributed by atoms with Crippen LogP contribution in [0.2, 0.25) is 0 Å². The highest BCUT2D eigenvalue weighted by molar-refractivity contribution is 5.89. The first kappa shape index (κ1) is 25.1. The summed E-state index contributed by atoms with van der Waals surface area (Å²) in [6.07, 6.45) is -3.77. The van der Waals surface area contributed by atoms with Crippen LogP contribution in [-0.2, 0) is 35.1 Å². The number of carbonyl (C=O) groups excluding carboxylic acids is 2. The number of esters is 1. The highest BCUT2D eigenvalue weighted by atomic mass is 16.8. The van der Waals surface area contributed by atoms with E-state index in [1.807, 2.05) is 66.7 Å². The molecule has 1 amide bonds. The molecule has 0 radical (unpaired) electrons. The van der Waals surface area contributed by atoms with Gasteiger partial charge in [-0.25, -0.2) is 4.79 Å². The summed E-state index contributed by atoms with van der Waals surface area (Å²) < 4.78 is 30.7. The minimum atomic E-state index is -0.903. The molecule has 37 heavy (non-hydrogen) atoms. The van der Waals surface area contributed by atoms with Crippen molar-refractivity contribution >= 4 is 11.9 Å². The van der Waals surface area contributed by atoms with Crippen molar-refractivity contribution in [2.75, 3.05) is 6.61 Å². The third kappa shape index (κ3) is 6.06. The molecule has 2 saturated heterocycles. The third-order valence-electron chi connectivity index (χ3n) is 6.29. The molecule has 2 heterocycles. The molecule has 6 atom stereocenters. The number of rotatable bonds is 7. The number of benzene rings is 3. The molecule has 2 aliphatic heterocycles. The minimum Gasteiger partial charge on any atom is -0.453 e. The number of hydrogen-bond acceptors (Lipinski definition) is 7. The summed E-state index contributed by atoms with van der Waals surface area (Å²) in [6, 6.07) is 27.0. The van der Waals surface area contributed by atoms with Crippen LogP contribution in [0.3, 0.4) is 0 Å². The molecule has 0 aromatic heterocycles. The van der Waals surface area contributed by atoms with E-state index in [1.165, 1.54) is 6.92 Å². The molecule has 0 saturated carbocycles. The Hall–Kier alpha value is -3.56. The van der Waals surface area contributed by atoms with E-state index >= 15 is 0 Å². The van der Waals surface area contributed by atoms with Gasteiger partial charge in [-0.3, -0.25) is 4.79 Å². The highest BCUT2D eigenvalue weighted by Crippen LogP contribution is 2.36. The predicted octanol–water partition coefficient (Wildman–Crippen LogP) is 3.77. The van der Waals surface area contributed by atoms with E-state index < -0.39 is 42.9 Å². The third-order valence-corrected chi connectivity index (χ3v) is 6.29. The van der Waals surface area contributed by atoms with Crippen LogP contribution in [-0.4, -0.2) is 49.1 Å². The summed E-state index contributed by atoms with van der Waals surface area (Å²) in [5.74, 6) is -0.845. The largest absolute Gasteiger partial charge is 0.453 e. The molecule has 0 bridgehead atoms. The van der Waals surface area contributed by atoms with Crippen LogP contribution in [0.5, 0.6) is 0 Å². The molecule has 8 heteroatoms. The molecule has 8 nitrogen and oxygen atoms in total. The van der Waals surface area contributed by atoms with E-state index in [2.05, 4.69) is 5.32 Å². The Morgan fingerprint density at radius 1 is 0.892 bits per heavy atom. The summed E-state index contributed by atoms with van der Waals surface area (Å²) in [5.41, 5.74) is 2.15.